The molecule has 1 unspecified atom stereocenters. The van der Waals surface area contributed by atoms with Crippen LogP contribution in [0, 0.1) is 6.92 Å². The van der Waals surface area contributed by atoms with Gasteiger partial charge >= 0.3 is 5.97 Å². The maximum atomic E-state index is 11.9. The maximum absolute atomic E-state index is 11.9. The van der Waals surface area contributed by atoms with Crippen LogP contribution in [0.25, 0.3) is 0 Å². The van der Waals surface area contributed by atoms with Gasteiger partial charge < -0.3 is 14.6 Å². The standard InChI is InChI=1S/C17H18O4/c1-12-3-5-13(6-4-12)16(17(19)20-2)11-21-15-9-7-14(18)8-10-15/h3-10,16,18H,11H2,1-2H3. The van der Waals surface area contributed by atoms with Crippen LogP contribution in [-0.4, -0.2) is 24.8 Å². The second kappa shape index (κ2) is 6.79. The molecule has 110 valence electrons. The predicted octanol–water partition coefficient (Wildman–Crippen LogP) is 3.04. The van der Waals surface area contributed by atoms with Crippen LogP contribution in [0.4, 0.5) is 0 Å². The predicted molar refractivity (Wildman–Crippen MR) is 79.5 cm³/mol. The first kappa shape index (κ1) is 14.9. The molecule has 0 heterocycles. The van der Waals surface area contributed by atoms with Gasteiger partial charge in [-0.1, -0.05) is 29.8 Å². The van der Waals surface area contributed by atoms with E-state index < -0.39 is 5.92 Å². The lowest BCUT2D eigenvalue weighted by Crippen LogP contribution is -2.21. The Kier molecular flexibility index (Phi) is 4.82. The number of aryl methyl sites for hydroxylation is 1. The molecule has 2 aromatic carbocycles. The summed E-state index contributed by atoms with van der Waals surface area (Å²) in [5.41, 5.74) is 1.98. The molecule has 1 atom stereocenters. The van der Waals surface area contributed by atoms with Crippen LogP contribution in [0.15, 0.2) is 48.5 Å². The fourth-order valence-corrected chi connectivity index (χ4v) is 1.96. The van der Waals surface area contributed by atoms with Crippen LogP contribution >= 0.6 is 0 Å². The van der Waals surface area contributed by atoms with Gasteiger partial charge in [0, 0.05) is 0 Å². The molecule has 2 aromatic rings. The SMILES string of the molecule is COC(=O)C(COc1ccc(O)cc1)c1ccc(C)cc1. The average molecular weight is 286 g/mol. The zero-order valence-corrected chi connectivity index (χ0v) is 12.1. The number of phenolic OH excluding ortho intramolecular Hbond substituents is 1. The summed E-state index contributed by atoms with van der Waals surface area (Å²) in [5.74, 6) is -0.0544. The number of esters is 1. The van der Waals surface area contributed by atoms with Gasteiger partial charge in [-0.15, -0.1) is 0 Å². The van der Waals surface area contributed by atoms with Crippen molar-refractivity contribution in [3.05, 3.63) is 59.7 Å². The molecule has 0 aliphatic heterocycles. The van der Waals surface area contributed by atoms with Gasteiger partial charge in [-0.2, -0.15) is 0 Å². The van der Waals surface area contributed by atoms with E-state index in [1.165, 1.54) is 19.2 Å². The fourth-order valence-electron chi connectivity index (χ4n) is 1.96. The van der Waals surface area contributed by atoms with Gasteiger partial charge in [-0.3, -0.25) is 4.79 Å². The van der Waals surface area contributed by atoms with Gasteiger partial charge in [0.1, 0.15) is 24.0 Å². The summed E-state index contributed by atoms with van der Waals surface area (Å²) in [6.45, 7) is 2.17. The van der Waals surface area contributed by atoms with Gasteiger partial charge in [0.05, 0.1) is 7.11 Å². The zero-order chi connectivity index (χ0) is 15.2. The number of ether oxygens (including phenoxy) is 2. The summed E-state index contributed by atoms with van der Waals surface area (Å²) >= 11 is 0. The molecule has 0 fully saturated rings. The number of hydrogen-bond acceptors (Lipinski definition) is 4. The Bertz CT molecular complexity index is 587. The Morgan fingerprint density at radius 2 is 1.71 bits per heavy atom. The van der Waals surface area contributed by atoms with Crippen molar-refractivity contribution in [2.75, 3.05) is 13.7 Å². The summed E-state index contributed by atoms with van der Waals surface area (Å²) in [7, 11) is 1.37. The topological polar surface area (TPSA) is 55.8 Å². The molecule has 21 heavy (non-hydrogen) atoms. The van der Waals surface area contributed by atoms with Crippen LogP contribution in [0.3, 0.4) is 0 Å². The Labute approximate surface area is 123 Å². The van der Waals surface area contributed by atoms with Crippen molar-refractivity contribution in [1.29, 1.82) is 0 Å². The van der Waals surface area contributed by atoms with Gasteiger partial charge in [-0.25, -0.2) is 0 Å². The summed E-state index contributed by atoms with van der Waals surface area (Å²) in [4.78, 5) is 11.9. The second-order valence-electron chi connectivity index (χ2n) is 4.79. The van der Waals surface area contributed by atoms with E-state index in [1.807, 2.05) is 31.2 Å². The molecule has 4 nitrogen and oxygen atoms in total. The highest BCUT2D eigenvalue weighted by Gasteiger charge is 2.22. The molecule has 1 N–H and O–H groups in total. The number of aromatic hydroxyl groups is 1. The Hall–Kier alpha value is -2.49. The molecule has 0 aromatic heterocycles. The Balaban J connectivity index is 2.11. The van der Waals surface area contributed by atoms with Crippen molar-refractivity contribution in [3.63, 3.8) is 0 Å². The first-order valence-corrected chi connectivity index (χ1v) is 6.66. The van der Waals surface area contributed by atoms with Crippen molar-refractivity contribution in [2.24, 2.45) is 0 Å². The highest BCUT2D eigenvalue weighted by atomic mass is 16.5. The average Bonchev–Trinajstić information content (AvgIpc) is 2.50. The van der Waals surface area contributed by atoms with E-state index >= 15 is 0 Å². The minimum Gasteiger partial charge on any atom is -0.508 e. The van der Waals surface area contributed by atoms with E-state index in [2.05, 4.69) is 0 Å². The first-order valence-electron chi connectivity index (χ1n) is 6.66. The minimum atomic E-state index is -0.482. The maximum Gasteiger partial charge on any atom is 0.316 e. The molecule has 0 spiro atoms. The van der Waals surface area contributed by atoms with Gasteiger partial charge in [0.25, 0.3) is 0 Å². The molecular weight excluding hydrogens is 268 g/mol. The summed E-state index contributed by atoms with van der Waals surface area (Å²) in [5, 5.41) is 9.23. The molecule has 0 bridgehead atoms. The van der Waals surface area contributed by atoms with E-state index in [9.17, 15) is 9.90 Å². The van der Waals surface area contributed by atoms with E-state index in [0.29, 0.717) is 5.75 Å². The van der Waals surface area contributed by atoms with Crippen molar-refractivity contribution in [1.82, 2.24) is 0 Å². The lowest BCUT2D eigenvalue weighted by Gasteiger charge is -2.16. The van der Waals surface area contributed by atoms with Gasteiger partial charge in [0.2, 0.25) is 0 Å². The minimum absolute atomic E-state index is 0.172. The molecule has 4 heteroatoms. The molecule has 0 aliphatic rings. The molecule has 0 radical (unpaired) electrons. The zero-order valence-electron chi connectivity index (χ0n) is 12.1. The lowest BCUT2D eigenvalue weighted by atomic mass is 9.99. The third-order valence-electron chi connectivity index (χ3n) is 3.22. The molecule has 0 amide bonds. The van der Waals surface area contributed by atoms with Crippen molar-refractivity contribution >= 4 is 5.97 Å². The molecule has 0 aliphatic carbocycles. The fraction of sp³-hybridized carbons (Fsp3) is 0.235. The van der Waals surface area contributed by atoms with E-state index in [1.54, 1.807) is 12.1 Å². The number of rotatable bonds is 5. The third-order valence-corrected chi connectivity index (χ3v) is 3.22. The van der Waals surface area contributed by atoms with Crippen molar-refractivity contribution in [2.45, 2.75) is 12.8 Å². The van der Waals surface area contributed by atoms with Crippen molar-refractivity contribution < 1.29 is 19.4 Å². The number of carbonyl (C=O) groups is 1. The lowest BCUT2D eigenvalue weighted by molar-refractivity contribution is -0.143. The van der Waals surface area contributed by atoms with Gasteiger partial charge in [-0.05, 0) is 36.8 Å². The van der Waals surface area contributed by atoms with Crippen LogP contribution in [-0.2, 0) is 9.53 Å². The molecular formula is C17H18O4. The number of hydrogen-bond donors (Lipinski definition) is 1. The molecule has 0 saturated heterocycles. The van der Waals surface area contributed by atoms with Crippen molar-refractivity contribution in [3.8, 4) is 11.5 Å². The van der Waals surface area contributed by atoms with E-state index in [4.69, 9.17) is 9.47 Å². The highest BCUT2D eigenvalue weighted by Crippen LogP contribution is 2.22. The number of phenols is 1. The molecule has 0 saturated carbocycles. The summed E-state index contributed by atoms with van der Waals surface area (Å²) in [6.07, 6.45) is 0. The smallest absolute Gasteiger partial charge is 0.316 e. The summed E-state index contributed by atoms with van der Waals surface area (Å²) < 4.78 is 10.5. The van der Waals surface area contributed by atoms with E-state index in [0.717, 1.165) is 11.1 Å². The largest absolute Gasteiger partial charge is 0.508 e. The number of carbonyl (C=O) groups excluding carboxylic acids is 1. The normalized spacial score (nSPS) is 11.7. The Morgan fingerprint density at radius 3 is 2.29 bits per heavy atom. The van der Waals surface area contributed by atoms with Gasteiger partial charge in [0.15, 0.2) is 0 Å². The number of benzene rings is 2. The number of methoxy groups -OCH3 is 1. The van der Waals surface area contributed by atoms with E-state index in [-0.39, 0.29) is 18.3 Å². The summed E-state index contributed by atoms with van der Waals surface area (Å²) in [6, 6.07) is 14.1. The Morgan fingerprint density at radius 1 is 1.10 bits per heavy atom. The first-order chi connectivity index (χ1) is 10.1. The molecule has 2 rings (SSSR count). The second-order valence-corrected chi connectivity index (χ2v) is 4.79. The van der Waals surface area contributed by atoms with Crippen LogP contribution < -0.4 is 4.74 Å². The van der Waals surface area contributed by atoms with Crippen LogP contribution in [0.5, 0.6) is 11.5 Å². The third kappa shape index (κ3) is 3.99. The monoisotopic (exact) mass is 286 g/mol. The van der Waals surface area contributed by atoms with Crippen LogP contribution in [0.2, 0.25) is 0 Å². The quantitative estimate of drug-likeness (QED) is 0.858. The highest BCUT2D eigenvalue weighted by molar-refractivity contribution is 5.78. The van der Waals surface area contributed by atoms with Crippen LogP contribution in [0.1, 0.15) is 17.0 Å².